The number of carbonyl (C=O) groups is 3. The van der Waals surface area contributed by atoms with Crippen LogP contribution in [-0.2, 0) is 22.6 Å². The molecule has 1 atom stereocenters. The zero-order valence-electron chi connectivity index (χ0n) is 17.4. The second kappa shape index (κ2) is 8.63. The number of ether oxygens (including phenoxy) is 1. The van der Waals surface area contributed by atoms with Gasteiger partial charge in [-0.05, 0) is 31.3 Å². The molecule has 2 aliphatic heterocycles. The van der Waals surface area contributed by atoms with E-state index in [4.69, 9.17) is 15.1 Å². The second-order valence-corrected chi connectivity index (χ2v) is 7.98. The maximum Gasteiger partial charge on any atom is 0.522 e. The van der Waals surface area contributed by atoms with Crippen LogP contribution in [-0.4, -0.2) is 68.6 Å². The number of aryl methyl sites for hydroxylation is 1. The van der Waals surface area contributed by atoms with Gasteiger partial charge in [0.2, 0.25) is 5.91 Å². The van der Waals surface area contributed by atoms with Crippen molar-refractivity contribution < 1.29 is 33.9 Å². The lowest BCUT2D eigenvalue weighted by atomic mass is 9.78. The van der Waals surface area contributed by atoms with Crippen LogP contribution in [0.25, 0.3) is 0 Å². The molecule has 1 saturated heterocycles. The van der Waals surface area contributed by atoms with E-state index in [0.717, 1.165) is 0 Å². The van der Waals surface area contributed by atoms with Crippen LogP contribution in [0.3, 0.4) is 0 Å². The van der Waals surface area contributed by atoms with Gasteiger partial charge in [-0.1, -0.05) is 6.07 Å². The molecule has 32 heavy (non-hydrogen) atoms. The Morgan fingerprint density at radius 1 is 1.38 bits per heavy atom. The molecule has 11 nitrogen and oxygen atoms in total. The van der Waals surface area contributed by atoms with Crippen LogP contribution in [0, 0.1) is 0 Å². The lowest BCUT2D eigenvalue weighted by Crippen LogP contribution is -2.58. The van der Waals surface area contributed by atoms with Crippen molar-refractivity contribution in [2.24, 2.45) is 5.73 Å². The zero-order valence-corrected chi connectivity index (χ0v) is 17.4. The van der Waals surface area contributed by atoms with E-state index in [2.05, 4.69) is 4.98 Å². The number of aromatic carboxylic acids is 1. The van der Waals surface area contributed by atoms with Crippen LogP contribution in [0.5, 0.6) is 11.5 Å². The quantitative estimate of drug-likeness (QED) is 0.497. The fraction of sp³-hybridized carbons (Fsp3) is 0.400. The third-order valence-electron chi connectivity index (χ3n) is 5.43. The molecule has 168 valence electrons. The topological polar surface area (TPSA) is 157 Å². The Labute approximate surface area is 183 Å². The first kappa shape index (κ1) is 21.8. The van der Waals surface area contributed by atoms with Crippen LogP contribution in [0.15, 0.2) is 24.7 Å². The molecule has 1 aromatic carbocycles. The summed E-state index contributed by atoms with van der Waals surface area (Å²) in [7, 11) is -1.06. The molecule has 1 unspecified atom stereocenters. The summed E-state index contributed by atoms with van der Waals surface area (Å²) in [6.07, 6.45) is 3.50. The average molecular weight is 442 g/mol. The third kappa shape index (κ3) is 4.32. The van der Waals surface area contributed by atoms with Gasteiger partial charge in [-0.15, -0.1) is 0 Å². The minimum absolute atomic E-state index is 0.0422. The molecule has 4 N–H and O–H groups in total. The van der Waals surface area contributed by atoms with Gasteiger partial charge in [0.1, 0.15) is 35.0 Å². The molecule has 3 heterocycles. The van der Waals surface area contributed by atoms with Crippen LogP contribution < -0.4 is 15.1 Å². The Hall–Kier alpha value is -3.38. The number of imidazole rings is 1. The normalized spacial score (nSPS) is 16.6. The first-order valence-electron chi connectivity index (χ1n) is 10.2. The number of fused-ring (bicyclic) bond motifs is 1. The van der Waals surface area contributed by atoms with Gasteiger partial charge < -0.3 is 34.7 Å². The highest BCUT2D eigenvalue weighted by molar-refractivity contribution is 6.44. The summed E-state index contributed by atoms with van der Waals surface area (Å²) in [4.78, 5) is 41.3. The standard InChI is InChI=1S/C20H23BN4O7/c1-11(26)6-24-9-14(23-10-24)17(22)19(27)25-7-13(8-25)31-15-3-2-12-4-5-21(30)32-18(12)16(15)20(28)29/h2-3,9-10,13,17,30H,4-8,22H2,1H3,(H,28,29). The van der Waals surface area contributed by atoms with Gasteiger partial charge in [0, 0.05) is 6.20 Å². The number of likely N-dealkylation sites (tertiary alicyclic amines) is 1. The predicted octanol–water partition coefficient (Wildman–Crippen LogP) is -0.125. The van der Waals surface area contributed by atoms with Crippen molar-refractivity contribution in [2.45, 2.75) is 38.4 Å². The molecule has 1 fully saturated rings. The van der Waals surface area contributed by atoms with E-state index >= 15 is 0 Å². The maximum atomic E-state index is 12.6. The number of aromatic nitrogens is 2. The number of Topliss-reactive ketones (excluding diaryl/α,β-unsaturated/α-hetero) is 1. The number of benzene rings is 1. The van der Waals surface area contributed by atoms with Gasteiger partial charge >= 0.3 is 13.1 Å². The van der Waals surface area contributed by atoms with E-state index < -0.39 is 25.2 Å². The number of hydrogen-bond donors (Lipinski definition) is 3. The van der Waals surface area contributed by atoms with Crippen molar-refractivity contribution in [3.63, 3.8) is 0 Å². The highest BCUT2D eigenvalue weighted by Crippen LogP contribution is 2.37. The van der Waals surface area contributed by atoms with Gasteiger partial charge in [-0.25, -0.2) is 9.78 Å². The molecule has 2 aliphatic rings. The lowest BCUT2D eigenvalue weighted by Gasteiger charge is -2.40. The summed E-state index contributed by atoms with van der Waals surface area (Å²) < 4.78 is 12.7. The Kier molecular flexibility index (Phi) is 5.89. The number of carbonyl (C=O) groups excluding carboxylic acids is 2. The van der Waals surface area contributed by atoms with Gasteiger partial charge in [-0.3, -0.25) is 9.59 Å². The smallest absolute Gasteiger partial charge is 0.522 e. The number of nitrogens with two attached hydrogens (primary N) is 1. The Balaban J connectivity index is 1.39. The van der Waals surface area contributed by atoms with Crippen molar-refractivity contribution in [3.8, 4) is 11.5 Å². The van der Waals surface area contributed by atoms with E-state index in [9.17, 15) is 24.5 Å². The van der Waals surface area contributed by atoms with Crippen LogP contribution in [0.4, 0.5) is 0 Å². The molecule has 12 heteroatoms. The Morgan fingerprint density at radius 3 is 2.81 bits per heavy atom. The molecule has 2 aromatic rings. The first-order chi connectivity index (χ1) is 15.2. The Morgan fingerprint density at radius 2 is 2.12 bits per heavy atom. The Bertz CT molecular complexity index is 1070. The summed E-state index contributed by atoms with van der Waals surface area (Å²) in [6, 6.07) is 2.32. The molecule has 0 radical (unpaired) electrons. The molecular formula is C20H23BN4O7. The number of nitrogens with zero attached hydrogens (tertiary/aromatic N) is 3. The van der Waals surface area contributed by atoms with Gasteiger partial charge in [0.05, 0.1) is 31.7 Å². The van der Waals surface area contributed by atoms with Gasteiger partial charge in [0.25, 0.3) is 0 Å². The zero-order chi connectivity index (χ0) is 23.0. The van der Waals surface area contributed by atoms with Crippen molar-refractivity contribution in [3.05, 3.63) is 41.5 Å². The number of rotatable bonds is 7. The van der Waals surface area contributed by atoms with E-state index in [1.54, 1.807) is 22.9 Å². The summed E-state index contributed by atoms with van der Waals surface area (Å²) in [5.74, 6) is -1.37. The SMILES string of the molecule is CC(=O)Cn1cnc(C(N)C(=O)N2CC(Oc3ccc4c(c3C(=O)O)OB(O)CC4)C2)c1. The predicted molar refractivity (Wildman–Crippen MR) is 111 cm³/mol. The van der Waals surface area contributed by atoms with Crippen molar-refractivity contribution in [1.29, 1.82) is 0 Å². The summed E-state index contributed by atoms with van der Waals surface area (Å²) >= 11 is 0. The van der Waals surface area contributed by atoms with E-state index in [0.29, 0.717) is 24.0 Å². The molecule has 0 saturated carbocycles. The minimum Gasteiger partial charge on any atom is -0.535 e. The number of amides is 1. The fourth-order valence-corrected chi connectivity index (χ4v) is 3.79. The molecule has 0 aliphatic carbocycles. The number of carboxylic acids is 1. The van der Waals surface area contributed by atoms with Crippen LogP contribution in [0.1, 0.15) is 34.6 Å². The van der Waals surface area contributed by atoms with Crippen LogP contribution in [0.2, 0.25) is 6.32 Å². The first-order valence-corrected chi connectivity index (χ1v) is 10.2. The van der Waals surface area contributed by atoms with Gasteiger partial charge in [0.15, 0.2) is 0 Å². The molecule has 1 amide bonds. The minimum atomic E-state index is -1.22. The summed E-state index contributed by atoms with van der Waals surface area (Å²) in [5.41, 5.74) is 6.95. The molecule has 0 spiro atoms. The molecule has 1 aromatic heterocycles. The number of carboxylic acid groups (broad SMARTS) is 1. The fourth-order valence-electron chi connectivity index (χ4n) is 3.79. The summed E-state index contributed by atoms with van der Waals surface area (Å²) in [6.45, 7) is 2.08. The van der Waals surface area contributed by atoms with Crippen molar-refractivity contribution in [2.75, 3.05) is 13.1 Å². The molecule has 0 bridgehead atoms. The highest BCUT2D eigenvalue weighted by atomic mass is 16.5. The molecule has 4 rings (SSSR count). The van der Waals surface area contributed by atoms with E-state index in [-0.39, 0.29) is 48.4 Å². The third-order valence-corrected chi connectivity index (χ3v) is 5.43. The number of hydrogen-bond acceptors (Lipinski definition) is 8. The van der Waals surface area contributed by atoms with Crippen molar-refractivity contribution >= 4 is 24.8 Å². The lowest BCUT2D eigenvalue weighted by molar-refractivity contribution is -0.141. The van der Waals surface area contributed by atoms with Crippen LogP contribution >= 0.6 is 0 Å². The highest BCUT2D eigenvalue weighted by Gasteiger charge is 2.37. The van der Waals surface area contributed by atoms with Crippen molar-refractivity contribution in [1.82, 2.24) is 14.5 Å². The van der Waals surface area contributed by atoms with Gasteiger partial charge in [-0.2, -0.15) is 0 Å². The largest absolute Gasteiger partial charge is 0.535 e. The number of ketones is 1. The molecular weight excluding hydrogens is 419 g/mol. The maximum absolute atomic E-state index is 12.6. The average Bonchev–Trinajstić information content (AvgIpc) is 3.16. The second-order valence-electron chi connectivity index (χ2n) is 7.98. The monoisotopic (exact) mass is 442 g/mol. The van der Waals surface area contributed by atoms with E-state index in [1.807, 2.05) is 0 Å². The van der Waals surface area contributed by atoms with E-state index in [1.165, 1.54) is 18.2 Å². The summed E-state index contributed by atoms with van der Waals surface area (Å²) in [5, 5.41) is 19.4.